The summed E-state index contributed by atoms with van der Waals surface area (Å²) in [5.74, 6) is -0.00361. The van der Waals surface area contributed by atoms with Gasteiger partial charge in [0.05, 0.1) is 0 Å². The van der Waals surface area contributed by atoms with Crippen LogP contribution in [-0.4, -0.2) is 34.7 Å². The van der Waals surface area contributed by atoms with Gasteiger partial charge in [0.15, 0.2) is 0 Å². The number of allylic oxidation sites excluding steroid dienone is 5. The molecule has 0 spiro atoms. The monoisotopic (exact) mass is 444 g/mol. The number of urea groups is 1. The maximum Gasteiger partial charge on any atom is 0.327 e. The van der Waals surface area contributed by atoms with Crippen LogP contribution in [0.15, 0.2) is 65.3 Å². The lowest BCUT2D eigenvalue weighted by Crippen LogP contribution is -2.44. The number of rotatable bonds is 13. The van der Waals surface area contributed by atoms with Gasteiger partial charge in [-0.05, 0) is 65.5 Å². The van der Waals surface area contributed by atoms with E-state index in [4.69, 9.17) is 0 Å². The normalized spacial score (nSPS) is 12.8. The van der Waals surface area contributed by atoms with Crippen molar-refractivity contribution in [2.45, 2.75) is 59.4 Å². The number of nitrogens with one attached hydrogen (secondary N) is 2. The molecular formula is C25H36N2O3S. The number of anilines is 1. The molecule has 0 saturated carbocycles. The number of para-hydroxylation sites is 1. The Labute approximate surface area is 191 Å². The van der Waals surface area contributed by atoms with E-state index in [-0.39, 0.29) is 0 Å². The highest BCUT2D eigenvalue weighted by Crippen LogP contribution is 2.13. The fourth-order valence-corrected chi connectivity index (χ4v) is 3.75. The van der Waals surface area contributed by atoms with E-state index < -0.39 is 18.0 Å². The number of amides is 2. The second-order valence-electron chi connectivity index (χ2n) is 7.85. The third-order valence-electron chi connectivity index (χ3n) is 4.59. The summed E-state index contributed by atoms with van der Waals surface area (Å²) < 4.78 is 0. The van der Waals surface area contributed by atoms with Gasteiger partial charge in [-0.25, -0.2) is 9.59 Å². The van der Waals surface area contributed by atoms with Crippen LogP contribution in [0.4, 0.5) is 10.5 Å². The van der Waals surface area contributed by atoms with E-state index >= 15 is 0 Å². The van der Waals surface area contributed by atoms with Crippen molar-refractivity contribution in [1.82, 2.24) is 5.32 Å². The Kier molecular flexibility index (Phi) is 13.2. The molecule has 0 radical (unpaired) electrons. The molecule has 0 bridgehead atoms. The first-order valence-corrected chi connectivity index (χ1v) is 11.8. The van der Waals surface area contributed by atoms with Gasteiger partial charge in [-0.3, -0.25) is 0 Å². The largest absolute Gasteiger partial charge is 0.480 e. The van der Waals surface area contributed by atoms with Gasteiger partial charge in [-0.1, -0.05) is 53.1 Å². The Morgan fingerprint density at radius 3 is 2.19 bits per heavy atom. The van der Waals surface area contributed by atoms with Gasteiger partial charge >= 0.3 is 12.0 Å². The molecule has 6 heteroatoms. The number of hydrogen-bond donors (Lipinski definition) is 3. The van der Waals surface area contributed by atoms with Crippen LogP contribution in [0, 0.1) is 0 Å². The molecule has 0 aromatic heterocycles. The molecule has 0 saturated heterocycles. The molecule has 170 valence electrons. The number of thioether (sulfide) groups is 1. The summed E-state index contributed by atoms with van der Waals surface area (Å²) in [4.78, 5) is 23.5. The molecule has 0 unspecified atom stereocenters. The molecule has 0 heterocycles. The summed E-state index contributed by atoms with van der Waals surface area (Å²) in [6.07, 6.45) is 10.9. The zero-order valence-corrected chi connectivity index (χ0v) is 19.9. The predicted octanol–water partition coefficient (Wildman–Crippen LogP) is 6.41. The maximum absolute atomic E-state index is 12.0. The van der Waals surface area contributed by atoms with Crippen molar-refractivity contribution < 1.29 is 14.7 Å². The highest BCUT2D eigenvalue weighted by Gasteiger charge is 2.19. The smallest absolute Gasteiger partial charge is 0.327 e. The van der Waals surface area contributed by atoms with E-state index in [1.807, 2.05) is 6.07 Å². The van der Waals surface area contributed by atoms with E-state index in [1.54, 1.807) is 24.3 Å². The third kappa shape index (κ3) is 13.4. The number of benzene rings is 1. The van der Waals surface area contributed by atoms with E-state index in [1.165, 1.54) is 28.5 Å². The summed E-state index contributed by atoms with van der Waals surface area (Å²) >= 11 is 1.50. The number of aliphatic carboxylic acids is 1. The molecule has 0 aliphatic rings. The van der Waals surface area contributed by atoms with Crippen LogP contribution in [0.1, 0.15) is 53.4 Å². The van der Waals surface area contributed by atoms with E-state index in [0.717, 1.165) is 31.4 Å². The minimum Gasteiger partial charge on any atom is -0.480 e. The summed E-state index contributed by atoms with van der Waals surface area (Å²) in [7, 11) is 0. The van der Waals surface area contributed by atoms with Gasteiger partial charge in [0, 0.05) is 17.2 Å². The second kappa shape index (κ2) is 15.3. The quantitative estimate of drug-likeness (QED) is 0.242. The SMILES string of the molecule is CC(C)=CCC/C(C)=C/CC/C(C)=C/CSC[C@H](NC(=O)Nc1ccccc1)C(=O)O. The first-order valence-electron chi connectivity index (χ1n) is 10.7. The van der Waals surface area contributed by atoms with Crippen molar-refractivity contribution in [1.29, 1.82) is 0 Å². The van der Waals surface area contributed by atoms with Crippen molar-refractivity contribution in [2.24, 2.45) is 0 Å². The minimum absolute atomic E-state index is 0.310. The molecule has 3 N–H and O–H groups in total. The lowest BCUT2D eigenvalue weighted by atomic mass is 10.1. The summed E-state index contributed by atoms with van der Waals surface area (Å²) in [5, 5.41) is 14.5. The van der Waals surface area contributed by atoms with Crippen LogP contribution in [0.3, 0.4) is 0 Å². The Hall–Kier alpha value is -2.47. The Morgan fingerprint density at radius 2 is 1.58 bits per heavy atom. The topological polar surface area (TPSA) is 78.4 Å². The van der Waals surface area contributed by atoms with E-state index in [2.05, 4.69) is 56.6 Å². The molecule has 1 aromatic carbocycles. The molecule has 0 aliphatic heterocycles. The molecule has 31 heavy (non-hydrogen) atoms. The molecular weight excluding hydrogens is 408 g/mol. The van der Waals surface area contributed by atoms with Crippen molar-refractivity contribution in [2.75, 3.05) is 16.8 Å². The standard InChI is InChI=1S/C25H36N2O3S/c1-19(2)10-8-11-20(3)12-9-13-21(4)16-17-31-18-23(24(28)29)27-25(30)26-22-14-6-5-7-15-22/h5-7,10,12,14-16,23H,8-9,11,13,17-18H2,1-4H3,(H,28,29)(H2,26,27,30)/b20-12+,21-16+/t23-/m0/s1. The lowest BCUT2D eigenvalue weighted by molar-refractivity contribution is -0.138. The van der Waals surface area contributed by atoms with Crippen LogP contribution >= 0.6 is 11.8 Å². The Morgan fingerprint density at radius 1 is 0.968 bits per heavy atom. The molecule has 5 nitrogen and oxygen atoms in total. The summed E-state index contributed by atoms with van der Waals surface area (Å²) in [5.41, 5.74) is 4.70. The summed E-state index contributed by atoms with van der Waals surface area (Å²) in [6.45, 7) is 8.53. The molecule has 0 aliphatic carbocycles. The van der Waals surface area contributed by atoms with Crippen molar-refractivity contribution in [3.8, 4) is 0 Å². The molecule has 1 aromatic rings. The summed E-state index contributed by atoms with van der Waals surface area (Å²) in [6, 6.07) is 7.49. The molecule has 1 atom stereocenters. The van der Waals surface area contributed by atoms with Gasteiger partial charge in [-0.15, -0.1) is 0 Å². The van der Waals surface area contributed by atoms with Crippen LogP contribution < -0.4 is 10.6 Å². The van der Waals surface area contributed by atoms with Crippen molar-refractivity contribution >= 4 is 29.4 Å². The predicted molar refractivity (Wildman–Crippen MR) is 133 cm³/mol. The number of carboxylic acids is 1. The number of hydrogen-bond acceptors (Lipinski definition) is 3. The fourth-order valence-electron chi connectivity index (χ4n) is 2.75. The lowest BCUT2D eigenvalue weighted by Gasteiger charge is -2.14. The van der Waals surface area contributed by atoms with Crippen LogP contribution in [0.5, 0.6) is 0 Å². The number of carboxylic acid groups (broad SMARTS) is 1. The van der Waals surface area contributed by atoms with Crippen LogP contribution in [-0.2, 0) is 4.79 Å². The first kappa shape index (κ1) is 26.6. The Balaban J connectivity index is 2.33. The Bertz CT molecular complexity index is 781. The average Bonchev–Trinajstić information content (AvgIpc) is 2.70. The third-order valence-corrected chi connectivity index (χ3v) is 5.56. The van der Waals surface area contributed by atoms with Gasteiger partial charge in [0.2, 0.25) is 0 Å². The van der Waals surface area contributed by atoms with Gasteiger partial charge in [-0.2, -0.15) is 11.8 Å². The van der Waals surface area contributed by atoms with Gasteiger partial charge in [0.25, 0.3) is 0 Å². The fraction of sp³-hybridized carbons (Fsp3) is 0.440. The zero-order valence-electron chi connectivity index (χ0n) is 19.1. The van der Waals surface area contributed by atoms with Gasteiger partial charge < -0.3 is 15.7 Å². The van der Waals surface area contributed by atoms with Crippen LogP contribution in [0.2, 0.25) is 0 Å². The molecule has 0 fully saturated rings. The minimum atomic E-state index is -1.04. The maximum atomic E-state index is 12.0. The van der Waals surface area contributed by atoms with Crippen molar-refractivity contribution in [3.05, 3.63) is 65.3 Å². The first-order chi connectivity index (χ1) is 14.8. The molecule has 1 rings (SSSR count). The second-order valence-corrected chi connectivity index (χ2v) is 8.93. The molecule has 2 amide bonds. The highest BCUT2D eigenvalue weighted by molar-refractivity contribution is 7.99. The van der Waals surface area contributed by atoms with Crippen molar-refractivity contribution in [3.63, 3.8) is 0 Å². The average molecular weight is 445 g/mol. The number of carbonyl (C=O) groups is 2. The van der Waals surface area contributed by atoms with Gasteiger partial charge in [0.1, 0.15) is 6.04 Å². The zero-order chi connectivity index (χ0) is 23.1. The van der Waals surface area contributed by atoms with Crippen LogP contribution in [0.25, 0.3) is 0 Å². The number of carbonyl (C=O) groups excluding carboxylic acids is 1. The highest BCUT2D eigenvalue weighted by atomic mass is 32.2. The van der Waals surface area contributed by atoms with E-state index in [9.17, 15) is 14.7 Å². The van der Waals surface area contributed by atoms with E-state index in [0.29, 0.717) is 11.4 Å².